The van der Waals surface area contributed by atoms with Crippen LogP contribution in [0, 0.1) is 0 Å². The van der Waals surface area contributed by atoms with E-state index in [0.29, 0.717) is 6.04 Å². The van der Waals surface area contributed by atoms with Gasteiger partial charge in [0.05, 0.1) is 0 Å². The molecule has 3 heteroatoms. The van der Waals surface area contributed by atoms with Gasteiger partial charge in [-0.1, -0.05) is 24.6 Å². The van der Waals surface area contributed by atoms with Crippen LogP contribution in [0.2, 0.25) is 0 Å². The van der Waals surface area contributed by atoms with Crippen LogP contribution < -0.4 is 5.32 Å². The number of nitrogens with one attached hydrogen (secondary N) is 1. The Bertz CT molecular complexity index is 217. The molecule has 0 aliphatic carbocycles. The second-order valence-electron chi connectivity index (χ2n) is 4.39. The maximum Gasteiger partial charge on any atom is 0.0310 e. The lowest BCUT2D eigenvalue weighted by atomic mass is 9.99. The quantitative estimate of drug-likeness (QED) is 0.773. The molecule has 2 heterocycles. The monoisotopic (exact) mass is 214 g/mol. The van der Waals surface area contributed by atoms with E-state index < -0.39 is 0 Å². The third kappa shape index (κ3) is 2.30. The van der Waals surface area contributed by atoms with E-state index in [1.54, 1.807) is 0 Å². The maximum atomic E-state index is 5.76. The van der Waals surface area contributed by atoms with E-state index in [-0.39, 0.29) is 0 Å². The number of nitrogens with zero attached hydrogens (tertiary/aromatic N) is 1. The van der Waals surface area contributed by atoms with Crippen LogP contribution in [-0.2, 0) is 0 Å². The molecule has 0 amide bonds. The Kier molecular flexibility index (Phi) is 3.47. The Labute approximate surface area is 91.3 Å². The summed E-state index contributed by atoms with van der Waals surface area (Å²) in [6.45, 7) is 7.03. The van der Waals surface area contributed by atoms with Crippen molar-refractivity contribution in [2.75, 3.05) is 19.6 Å². The third-order valence-corrected chi connectivity index (χ3v) is 3.55. The van der Waals surface area contributed by atoms with Crippen LogP contribution in [0.1, 0.15) is 25.7 Å². The fraction of sp³-hybridized carbons (Fsp3) is 0.818. The fourth-order valence-electron chi connectivity index (χ4n) is 2.73. The fourth-order valence-corrected chi connectivity index (χ4v) is 2.80. The standard InChI is InChI=1S/C11H19ClN2/c1-9(12)8-13-10-5-7-14-6-3-2-4-11(10)14/h10-11,13H,1-8H2. The van der Waals surface area contributed by atoms with Crippen LogP contribution in [0.4, 0.5) is 0 Å². The number of piperidine rings is 1. The summed E-state index contributed by atoms with van der Waals surface area (Å²) in [6, 6.07) is 1.41. The van der Waals surface area contributed by atoms with Crippen LogP contribution in [0.25, 0.3) is 0 Å². The molecule has 0 spiro atoms. The van der Waals surface area contributed by atoms with Crippen LogP contribution in [0.15, 0.2) is 11.6 Å². The minimum absolute atomic E-state index is 0.644. The predicted octanol–water partition coefficient (Wildman–Crippen LogP) is 1.96. The molecule has 2 atom stereocenters. The van der Waals surface area contributed by atoms with Gasteiger partial charge in [-0.2, -0.15) is 0 Å². The molecular weight excluding hydrogens is 196 g/mol. The zero-order chi connectivity index (χ0) is 9.97. The summed E-state index contributed by atoms with van der Waals surface area (Å²) in [7, 11) is 0. The lowest BCUT2D eigenvalue weighted by Gasteiger charge is -2.32. The van der Waals surface area contributed by atoms with E-state index in [1.807, 2.05) is 0 Å². The number of hydrogen-bond acceptors (Lipinski definition) is 2. The number of hydrogen-bond donors (Lipinski definition) is 1. The highest BCUT2D eigenvalue weighted by molar-refractivity contribution is 6.29. The molecule has 2 aliphatic rings. The first-order valence-electron chi connectivity index (χ1n) is 5.58. The van der Waals surface area contributed by atoms with Gasteiger partial charge in [0.15, 0.2) is 0 Å². The predicted molar refractivity (Wildman–Crippen MR) is 60.6 cm³/mol. The average Bonchev–Trinajstić information content (AvgIpc) is 2.58. The molecule has 80 valence electrons. The smallest absolute Gasteiger partial charge is 0.0310 e. The summed E-state index contributed by atoms with van der Waals surface area (Å²) in [6.07, 6.45) is 5.40. The Morgan fingerprint density at radius 1 is 1.36 bits per heavy atom. The highest BCUT2D eigenvalue weighted by atomic mass is 35.5. The maximum absolute atomic E-state index is 5.76. The second kappa shape index (κ2) is 4.65. The normalized spacial score (nSPS) is 32.9. The number of rotatable bonds is 3. The molecule has 14 heavy (non-hydrogen) atoms. The lowest BCUT2D eigenvalue weighted by molar-refractivity contribution is 0.181. The van der Waals surface area contributed by atoms with Crippen molar-refractivity contribution in [3.63, 3.8) is 0 Å². The van der Waals surface area contributed by atoms with Crippen molar-refractivity contribution in [2.45, 2.75) is 37.8 Å². The minimum Gasteiger partial charge on any atom is -0.307 e. The first-order valence-corrected chi connectivity index (χ1v) is 5.96. The first kappa shape index (κ1) is 10.5. The topological polar surface area (TPSA) is 15.3 Å². The second-order valence-corrected chi connectivity index (χ2v) is 4.93. The van der Waals surface area contributed by atoms with Gasteiger partial charge in [-0.25, -0.2) is 0 Å². The molecule has 0 bridgehead atoms. The van der Waals surface area contributed by atoms with Crippen molar-refractivity contribution in [1.29, 1.82) is 0 Å². The van der Waals surface area contributed by atoms with Crippen molar-refractivity contribution in [2.24, 2.45) is 0 Å². The van der Waals surface area contributed by atoms with E-state index in [9.17, 15) is 0 Å². The molecule has 2 rings (SSSR count). The molecule has 0 aromatic carbocycles. The molecule has 1 N–H and O–H groups in total. The van der Waals surface area contributed by atoms with Gasteiger partial charge in [0.1, 0.15) is 0 Å². The van der Waals surface area contributed by atoms with Crippen LogP contribution in [-0.4, -0.2) is 36.6 Å². The molecule has 2 fully saturated rings. The Hall–Kier alpha value is -0.0500. The van der Waals surface area contributed by atoms with Crippen molar-refractivity contribution >= 4 is 11.6 Å². The van der Waals surface area contributed by atoms with Gasteiger partial charge in [-0.3, -0.25) is 4.90 Å². The highest BCUT2D eigenvalue weighted by Crippen LogP contribution is 2.27. The summed E-state index contributed by atoms with van der Waals surface area (Å²) in [5, 5.41) is 4.23. The van der Waals surface area contributed by atoms with Crippen LogP contribution >= 0.6 is 11.6 Å². The molecule has 0 radical (unpaired) electrons. The zero-order valence-electron chi connectivity index (χ0n) is 8.64. The summed E-state index contributed by atoms with van der Waals surface area (Å²) in [5.41, 5.74) is 0. The number of halogens is 1. The van der Waals surface area contributed by atoms with Crippen molar-refractivity contribution in [1.82, 2.24) is 10.2 Å². The lowest BCUT2D eigenvalue weighted by Crippen LogP contribution is -2.45. The molecule has 2 unspecified atom stereocenters. The van der Waals surface area contributed by atoms with Crippen molar-refractivity contribution in [3.8, 4) is 0 Å². The van der Waals surface area contributed by atoms with E-state index in [1.165, 1.54) is 38.8 Å². The molecule has 2 aliphatic heterocycles. The van der Waals surface area contributed by atoms with Crippen LogP contribution in [0.3, 0.4) is 0 Å². The Balaban J connectivity index is 1.84. The molecule has 0 aromatic rings. The van der Waals surface area contributed by atoms with Crippen molar-refractivity contribution < 1.29 is 0 Å². The Morgan fingerprint density at radius 3 is 3.00 bits per heavy atom. The Morgan fingerprint density at radius 2 is 2.21 bits per heavy atom. The summed E-state index contributed by atoms with van der Waals surface area (Å²) in [4.78, 5) is 2.62. The van der Waals surface area contributed by atoms with Gasteiger partial charge in [0.25, 0.3) is 0 Å². The van der Waals surface area contributed by atoms with E-state index >= 15 is 0 Å². The molecule has 2 saturated heterocycles. The summed E-state index contributed by atoms with van der Waals surface area (Å²) >= 11 is 5.76. The SMILES string of the molecule is C=C(Cl)CNC1CCN2CCCCC12. The first-order chi connectivity index (χ1) is 6.77. The van der Waals surface area contributed by atoms with Gasteiger partial charge in [0, 0.05) is 30.2 Å². The van der Waals surface area contributed by atoms with Gasteiger partial charge >= 0.3 is 0 Å². The van der Waals surface area contributed by atoms with E-state index in [0.717, 1.165) is 17.6 Å². The molecule has 2 nitrogen and oxygen atoms in total. The van der Waals surface area contributed by atoms with Crippen LogP contribution in [0.5, 0.6) is 0 Å². The van der Waals surface area contributed by atoms with Gasteiger partial charge in [-0.05, 0) is 25.8 Å². The number of fused-ring (bicyclic) bond motifs is 1. The van der Waals surface area contributed by atoms with Crippen molar-refractivity contribution in [3.05, 3.63) is 11.6 Å². The van der Waals surface area contributed by atoms with E-state index in [4.69, 9.17) is 11.6 Å². The van der Waals surface area contributed by atoms with Gasteiger partial charge < -0.3 is 5.32 Å². The third-order valence-electron chi connectivity index (χ3n) is 3.41. The van der Waals surface area contributed by atoms with Gasteiger partial charge in [-0.15, -0.1) is 0 Å². The van der Waals surface area contributed by atoms with E-state index in [2.05, 4.69) is 16.8 Å². The molecular formula is C11H19ClN2. The summed E-state index contributed by atoms with van der Waals surface area (Å²) < 4.78 is 0. The molecule has 0 aromatic heterocycles. The highest BCUT2D eigenvalue weighted by Gasteiger charge is 2.34. The average molecular weight is 215 g/mol. The zero-order valence-corrected chi connectivity index (χ0v) is 9.39. The minimum atomic E-state index is 0.644. The van der Waals surface area contributed by atoms with Gasteiger partial charge in [0.2, 0.25) is 0 Å². The molecule has 0 saturated carbocycles. The largest absolute Gasteiger partial charge is 0.307 e. The summed E-state index contributed by atoms with van der Waals surface area (Å²) in [5.74, 6) is 0.